The molecule has 0 aliphatic heterocycles. The Hall–Kier alpha value is -3.68. The molecule has 1 amide bonds. The minimum Gasteiger partial charge on any atom is -0.508 e. The van der Waals surface area contributed by atoms with E-state index in [1.807, 2.05) is 0 Å². The number of rotatable bonds is 3. The minimum atomic E-state index is -2.68. The zero-order chi connectivity index (χ0) is 25.4. The van der Waals surface area contributed by atoms with Crippen molar-refractivity contribution in [2.45, 2.75) is 50.3 Å². The van der Waals surface area contributed by atoms with E-state index in [2.05, 4.69) is 11.4 Å². The third-order valence-electron chi connectivity index (χ3n) is 8.02. The highest BCUT2D eigenvalue weighted by Crippen LogP contribution is 2.52. The van der Waals surface area contributed by atoms with Gasteiger partial charge in [0.2, 0.25) is 5.78 Å². The number of aliphatic hydroxyl groups excluding tert-OH is 2. The van der Waals surface area contributed by atoms with Crippen LogP contribution >= 0.6 is 0 Å². The molecule has 1 aromatic rings. The van der Waals surface area contributed by atoms with Crippen molar-refractivity contribution < 1.29 is 34.8 Å². The lowest BCUT2D eigenvalue weighted by molar-refractivity contribution is -0.151. The third kappa shape index (κ3) is 3.05. The van der Waals surface area contributed by atoms with Crippen LogP contribution in [0.3, 0.4) is 0 Å². The van der Waals surface area contributed by atoms with E-state index in [1.54, 1.807) is 19.1 Å². The SMILES string of the molecule is CC1(C#N)CC(N[C@H]2C(=O)C(C(N)=O)=C(O)[C@@]3(O)C(=O)C4=C(O)c5c(O)cccc5C[C@H]4C[C@@H]23)C1. The molecule has 182 valence electrons. The molecular weight excluding hydrogens is 454 g/mol. The van der Waals surface area contributed by atoms with Gasteiger partial charge in [0.05, 0.1) is 23.1 Å². The van der Waals surface area contributed by atoms with E-state index >= 15 is 0 Å². The third-order valence-corrected chi connectivity index (χ3v) is 8.02. The summed E-state index contributed by atoms with van der Waals surface area (Å²) >= 11 is 0. The number of carbonyl (C=O) groups is 3. The second-order valence-corrected chi connectivity index (χ2v) is 10.3. The van der Waals surface area contributed by atoms with E-state index < -0.39 is 63.5 Å². The second kappa shape index (κ2) is 7.41. The number of ketones is 2. The van der Waals surface area contributed by atoms with Crippen molar-refractivity contribution in [2.24, 2.45) is 23.0 Å². The van der Waals surface area contributed by atoms with Crippen LogP contribution in [0.2, 0.25) is 0 Å². The predicted octanol–water partition coefficient (Wildman–Crippen LogP) is 0.684. The molecule has 1 aromatic carbocycles. The molecule has 2 fully saturated rings. The molecule has 35 heavy (non-hydrogen) atoms. The number of phenolic OH excluding ortho intramolecular Hbond substituents is 1. The lowest BCUT2D eigenvalue weighted by Gasteiger charge is -2.51. The van der Waals surface area contributed by atoms with Gasteiger partial charge in [-0.05, 0) is 50.2 Å². The number of fused-ring (bicyclic) bond motifs is 3. The summed E-state index contributed by atoms with van der Waals surface area (Å²) in [6.07, 6.45) is 1.13. The average molecular weight is 479 g/mol. The Morgan fingerprint density at radius 2 is 1.91 bits per heavy atom. The van der Waals surface area contributed by atoms with Crippen molar-refractivity contribution >= 4 is 23.2 Å². The van der Waals surface area contributed by atoms with Crippen LogP contribution in [0.25, 0.3) is 5.76 Å². The first-order valence-corrected chi connectivity index (χ1v) is 11.4. The summed E-state index contributed by atoms with van der Waals surface area (Å²) < 4.78 is 0. The van der Waals surface area contributed by atoms with Crippen molar-refractivity contribution in [1.82, 2.24) is 5.32 Å². The summed E-state index contributed by atoms with van der Waals surface area (Å²) in [5, 5.41) is 56.1. The Morgan fingerprint density at radius 3 is 2.54 bits per heavy atom. The molecular formula is C25H25N3O7. The number of Topliss-reactive ketones (excluding diaryl/α,β-unsaturated/α-hetero) is 2. The quantitative estimate of drug-likeness (QED) is 0.338. The fraction of sp³-hybridized carbons (Fsp3) is 0.440. The largest absolute Gasteiger partial charge is 0.508 e. The highest BCUT2D eigenvalue weighted by molar-refractivity contribution is 6.24. The Bertz CT molecular complexity index is 1300. The van der Waals surface area contributed by atoms with Crippen molar-refractivity contribution in [2.75, 3.05) is 0 Å². The maximum atomic E-state index is 13.7. The Morgan fingerprint density at radius 1 is 1.23 bits per heavy atom. The van der Waals surface area contributed by atoms with Gasteiger partial charge in [-0.25, -0.2) is 0 Å². The maximum absolute atomic E-state index is 13.7. The van der Waals surface area contributed by atoms with Crippen LogP contribution in [0.1, 0.15) is 37.3 Å². The van der Waals surface area contributed by atoms with Crippen LogP contribution < -0.4 is 11.1 Å². The van der Waals surface area contributed by atoms with Gasteiger partial charge in [-0.15, -0.1) is 0 Å². The monoisotopic (exact) mass is 479 g/mol. The van der Waals surface area contributed by atoms with Gasteiger partial charge < -0.3 is 31.5 Å². The number of aromatic hydroxyl groups is 1. The summed E-state index contributed by atoms with van der Waals surface area (Å²) in [7, 11) is 0. The highest BCUT2D eigenvalue weighted by Gasteiger charge is 2.64. The van der Waals surface area contributed by atoms with Crippen molar-refractivity contribution in [1.29, 1.82) is 5.26 Å². The maximum Gasteiger partial charge on any atom is 0.255 e. The normalized spacial score (nSPS) is 36.0. The fourth-order valence-corrected chi connectivity index (χ4v) is 6.30. The number of amides is 1. The summed E-state index contributed by atoms with van der Waals surface area (Å²) in [5.41, 5.74) is 1.72. The van der Waals surface area contributed by atoms with E-state index in [0.717, 1.165) is 0 Å². The number of phenols is 1. The number of nitrogens with zero attached hydrogens (tertiary/aromatic N) is 1. The molecule has 2 saturated carbocycles. The van der Waals surface area contributed by atoms with Crippen molar-refractivity contribution in [3.05, 3.63) is 46.2 Å². The number of hydrogen-bond acceptors (Lipinski definition) is 9. The Balaban J connectivity index is 1.62. The zero-order valence-electron chi connectivity index (χ0n) is 18.9. The number of nitrogens with two attached hydrogens (primary N) is 1. The number of primary amides is 1. The summed E-state index contributed by atoms with van der Waals surface area (Å²) in [6, 6.07) is 5.38. The Labute approximate surface area is 200 Å². The van der Waals surface area contributed by atoms with Gasteiger partial charge in [0, 0.05) is 17.5 Å². The van der Waals surface area contributed by atoms with Crippen LogP contribution in [-0.4, -0.2) is 55.6 Å². The first-order chi connectivity index (χ1) is 16.4. The summed E-state index contributed by atoms with van der Waals surface area (Å²) in [4.78, 5) is 39.1. The number of nitrogens with one attached hydrogen (secondary N) is 1. The number of benzene rings is 1. The number of hydrogen-bond donors (Lipinski definition) is 6. The molecule has 4 aliphatic carbocycles. The molecule has 0 spiro atoms. The van der Waals surface area contributed by atoms with E-state index in [1.165, 1.54) is 6.07 Å². The molecule has 7 N–H and O–H groups in total. The van der Waals surface area contributed by atoms with E-state index in [9.17, 15) is 40.1 Å². The zero-order valence-corrected chi connectivity index (χ0v) is 18.9. The molecule has 0 heterocycles. The first-order valence-electron chi connectivity index (χ1n) is 11.4. The number of aliphatic hydroxyl groups is 3. The molecule has 0 bridgehead atoms. The molecule has 0 radical (unpaired) electrons. The highest BCUT2D eigenvalue weighted by atomic mass is 16.3. The van der Waals surface area contributed by atoms with Crippen LogP contribution in [0.5, 0.6) is 5.75 Å². The molecule has 0 aromatic heterocycles. The molecule has 10 heteroatoms. The van der Waals surface area contributed by atoms with E-state index in [-0.39, 0.29) is 35.8 Å². The lowest BCUT2D eigenvalue weighted by atomic mass is 9.57. The van der Waals surface area contributed by atoms with Gasteiger partial charge in [0.25, 0.3) is 5.91 Å². The molecule has 4 aliphatic rings. The van der Waals surface area contributed by atoms with Crippen molar-refractivity contribution in [3.63, 3.8) is 0 Å². The number of carbonyl (C=O) groups excluding carboxylic acids is 3. The molecule has 4 atom stereocenters. The average Bonchev–Trinajstić information content (AvgIpc) is 2.77. The fourth-order valence-electron chi connectivity index (χ4n) is 6.30. The lowest BCUT2D eigenvalue weighted by Crippen LogP contribution is -2.68. The van der Waals surface area contributed by atoms with Crippen LogP contribution in [0.4, 0.5) is 0 Å². The molecule has 0 unspecified atom stereocenters. The standard InChI is InChI=1S/C25H25N3O7/c1-24(9-26)7-12(8-24)28-18-13-6-11-5-10-3-2-4-14(29)15(10)19(30)16(11)21(32)25(13,35)22(33)17(20(18)31)23(27)34/h2-4,11-13,18,28-30,33,35H,5-8H2,1H3,(H2,27,34)/t11-,12?,13-,18+,24?,25-/m0/s1. The first kappa shape index (κ1) is 23.1. The van der Waals surface area contributed by atoms with E-state index in [0.29, 0.717) is 18.4 Å². The van der Waals surface area contributed by atoms with Gasteiger partial charge in [-0.2, -0.15) is 5.26 Å². The minimum absolute atomic E-state index is 0.0263. The van der Waals surface area contributed by atoms with Gasteiger partial charge in [-0.3, -0.25) is 14.4 Å². The Kier molecular flexibility index (Phi) is 4.88. The smallest absolute Gasteiger partial charge is 0.255 e. The topological polar surface area (TPSA) is 194 Å². The van der Waals surface area contributed by atoms with Crippen LogP contribution in [0.15, 0.2) is 35.1 Å². The van der Waals surface area contributed by atoms with Gasteiger partial charge in [0.15, 0.2) is 11.4 Å². The van der Waals surface area contributed by atoms with Crippen molar-refractivity contribution in [3.8, 4) is 11.8 Å². The van der Waals surface area contributed by atoms with Crippen LogP contribution in [0, 0.1) is 28.6 Å². The predicted molar refractivity (Wildman–Crippen MR) is 120 cm³/mol. The summed E-state index contributed by atoms with van der Waals surface area (Å²) in [6.45, 7) is 1.78. The van der Waals surface area contributed by atoms with Gasteiger partial charge in [-0.1, -0.05) is 12.1 Å². The summed E-state index contributed by atoms with van der Waals surface area (Å²) in [5.74, 6) is -6.79. The second-order valence-electron chi connectivity index (χ2n) is 10.3. The van der Waals surface area contributed by atoms with E-state index in [4.69, 9.17) is 5.73 Å². The number of nitriles is 1. The van der Waals surface area contributed by atoms with Gasteiger partial charge in [0.1, 0.15) is 22.8 Å². The van der Waals surface area contributed by atoms with Crippen LogP contribution in [-0.2, 0) is 20.8 Å². The molecule has 0 saturated heterocycles. The molecule has 5 rings (SSSR count). The van der Waals surface area contributed by atoms with Gasteiger partial charge >= 0.3 is 0 Å². The molecule has 10 nitrogen and oxygen atoms in total.